The van der Waals surface area contributed by atoms with Gasteiger partial charge in [-0.3, -0.25) is 4.90 Å². The second-order valence-corrected chi connectivity index (χ2v) is 3.48. The second-order valence-electron chi connectivity index (χ2n) is 3.48. The number of hydrogen-bond donors (Lipinski definition) is 0. The highest BCUT2D eigenvalue weighted by molar-refractivity contribution is 5.62. The van der Waals surface area contributed by atoms with Gasteiger partial charge >= 0.3 is 0 Å². The van der Waals surface area contributed by atoms with Crippen molar-refractivity contribution < 1.29 is 9.53 Å². The molecule has 3 nitrogen and oxygen atoms in total. The van der Waals surface area contributed by atoms with Gasteiger partial charge in [-0.25, -0.2) is 0 Å². The lowest BCUT2D eigenvalue weighted by molar-refractivity contribution is -0.108. The van der Waals surface area contributed by atoms with Crippen LogP contribution in [0.5, 0.6) is 5.75 Å². The highest BCUT2D eigenvalue weighted by atomic mass is 16.5. The minimum absolute atomic E-state index is 0.140. The molecule has 2 atom stereocenters. The van der Waals surface area contributed by atoms with Crippen LogP contribution in [0.15, 0.2) is 24.3 Å². The second kappa shape index (κ2) is 3.80. The fraction of sp³-hybridized carbons (Fsp3) is 0.364. The number of methoxy groups -OCH3 is 1. The Balaban J connectivity index is 1.99. The highest BCUT2D eigenvalue weighted by Crippen LogP contribution is 2.21. The minimum atomic E-state index is 0.140. The van der Waals surface area contributed by atoms with Crippen molar-refractivity contribution in [3.05, 3.63) is 29.8 Å². The summed E-state index contributed by atoms with van der Waals surface area (Å²) in [6.07, 6.45) is 1.00. The molecule has 1 fully saturated rings. The summed E-state index contributed by atoms with van der Waals surface area (Å²) in [5, 5.41) is 0. The third-order valence-corrected chi connectivity index (χ3v) is 2.43. The first-order valence-electron chi connectivity index (χ1n) is 4.66. The van der Waals surface area contributed by atoms with Crippen molar-refractivity contribution in [3.63, 3.8) is 0 Å². The van der Waals surface area contributed by atoms with E-state index in [4.69, 9.17) is 4.74 Å². The maximum Gasteiger partial charge on any atom is 0.138 e. The van der Waals surface area contributed by atoms with Crippen LogP contribution >= 0.6 is 0 Å². The fourth-order valence-corrected chi connectivity index (χ4v) is 1.51. The van der Waals surface area contributed by atoms with Gasteiger partial charge in [0.2, 0.25) is 0 Å². The van der Waals surface area contributed by atoms with Crippen molar-refractivity contribution in [3.8, 4) is 5.75 Å². The van der Waals surface area contributed by atoms with E-state index in [1.165, 1.54) is 5.56 Å². The number of carbonyl (C=O) groups excluding carboxylic acids is 1. The van der Waals surface area contributed by atoms with Gasteiger partial charge in [0.15, 0.2) is 0 Å². The molecular formula is C11H13NO2. The Bertz CT molecular complexity index is 338. The molecule has 1 saturated heterocycles. The van der Waals surface area contributed by atoms with Gasteiger partial charge in [0.25, 0.3) is 0 Å². The van der Waals surface area contributed by atoms with E-state index in [1.807, 2.05) is 24.3 Å². The van der Waals surface area contributed by atoms with E-state index < -0.39 is 0 Å². The number of carbonyl (C=O) groups is 1. The highest BCUT2D eigenvalue weighted by Gasteiger charge is 2.32. The quantitative estimate of drug-likeness (QED) is 0.527. The van der Waals surface area contributed by atoms with Crippen LogP contribution in [0.2, 0.25) is 0 Å². The van der Waals surface area contributed by atoms with E-state index in [0.717, 1.165) is 25.1 Å². The Morgan fingerprint density at radius 2 is 2.50 bits per heavy atom. The molecule has 0 spiro atoms. The van der Waals surface area contributed by atoms with Crippen molar-refractivity contribution in [2.75, 3.05) is 13.7 Å². The van der Waals surface area contributed by atoms with Crippen LogP contribution in [0.25, 0.3) is 0 Å². The molecule has 0 amide bonds. The molecule has 1 aromatic carbocycles. The van der Waals surface area contributed by atoms with E-state index in [-0.39, 0.29) is 6.04 Å². The van der Waals surface area contributed by atoms with Gasteiger partial charge < -0.3 is 9.53 Å². The van der Waals surface area contributed by atoms with Crippen molar-refractivity contribution in [2.24, 2.45) is 0 Å². The van der Waals surface area contributed by atoms with Gasteiger partial charge in [0.1, 0.15) is 12.0 Å². The molecule has 1 aromatic rings. The lowest BCUT2D eigenvalue weighted by atomic mass is 10.2. The largest absolute Gasteiger partial charge is 0.497 e. The van der Waals surface area contributed by atoms with Gasteiger partial charge in [-0.15, -0.1) is 0 Å². The summed E-state index contributed by atoms with van der Waals surface area (Å²) in [5.41, 5.74) is 1.19. The van der Waals surface area contributed by atoms with Crippen LogP contribution in [0, 0.1) is 0 Å². The van der Waals surface area contributed by atoms with Crippen LogP contribution < -0.4 is 4.74 Å². The summed E-state index contributed by atoms with van der Waals surface area (Å²) in [4.78, 5) is 12.5. The van der Waals surface area contributed by atoms with Crippen LogP contribution in [0.3, 0.4) is 0 Å². The van der Waals surface area contributed by atoms with E-state index >= 15 is 0 Å². The first-order valence-corrected chi connectivity index (χ1v) is 4.66. The first-order chi connectivity index (χ1) is 6.83. The normalized spacial score (nSPS) is 24.4. The molecule has 0 saturated carbocycles. The summed E-state index contributed by atoms with van der Waals surface area (Å²) < 4.78 is 5.12. The molecule has 2 rings (SSSR count). The molecule has 1 aliphatic heterocycles. The molecule has 0 bridgehead atoms. The smallest absolute Gasteiger partial charge is 0.138 e. The molecule has 74 valence electrons. The Morgan fingerprint density at radius 3 is 3.14 bits per heavy atom. The standard InChI is InChI=1S/C11H13NO2/c1-14-11-4-2-3-9(5-11)6-12-7-10(12)8-13/h2-5,8,10H,6-7H2,1H3. The van der Waals surface area contributed by atoms with E-state index in [9.17, 15) is 4.79 Å². The van der Waals surface area contributed by atoms with Crippen LogP contribution in [0.1, 0.15) is 5.56 Å². The maximum atomic E-state index is 10.4. The topological polar surface area (TPSA) is 29.3 Å². The number of ether oxygens (including phenoxy) is 1. The molecule has 1 aliphatic rings. The third-order valence-electron chi connectivity index (χ3n) is 2.43. The van der Waals surface area contributed by atoms with Crippen molar-refractivity contribution >= 4 is 6.29 Å². The van der Waals surface area contributed by atoms with Crippen molar-refractivity contribution in [2.45, 2.75) is 12.6 Å². The van der Waals surface area contributed by atoms with Crippen LogP contribution in [-0.2, 0) is 11.3 Å². The Kier molecular flexibility index (Phi) is 2.50. The lowest BCUT2D eigenvalue weighted by Gasteiger charge is -2.04. The van der Waals surface area contributed by atoms with E-state index in [0.29, 0.717) is 0 Å². The zero-order valence-electron chi connectivity index (χ0n) is 8.14. The van der Waals surface area contributed by atoms with Crippen LogP contribution in [0.4, 0.5) is 0 Å². The van der Waals surface area contributed by atoms with E-state index in [2.05, 4.69) is 4.90 Å². The van der Waals surface area contributed by atoms with Crippen LogP contribution in [-0.4, -0.2) is 30.9 Å². The maximum absolute atomic E-state index is 10.4. The Labute approximate surface area is 83.3 Å². The molecule has 0 aromatic heterocycles. The average molecular weight is 191 g/mol. The number of aldehydes is 1. The lowest BCUT2D eigenvalue weighted by Crippen LogP contribution is -2.02. The molecule has 14 heavy (non-hydrogen) atoms. The number of hydrogen-bond acceptors (Lipinski definition) is 3. The van der Waals surface area contributed by atoms with Gasteiger partial charge in [-0.1, -0.05) is 12.1 Å². The van der Waals surface area contributed by atoms with Gasteiger partial charge in [-0.05, 0) is 17.7 Å². The SMILES string of the molecule is COc1cccc(CN2CC2C=O)c1. The summed E-state index contributed by atoms with van der Waals surface area (Å²) in [6, 6.07) is 8.07. The summed E-state index contributed by atoms with van der Waals surface area (Å²) in [5.74, 6) is 0.868. The fourth-order valence-electron chi connectivity index (χ4n) is 1.51. The first kappa shape index (κ1) is 9.21. The van der Waals surface area contributed by atoms with Gasteiger partial charge in [-0.2, -0.15) is 0 Å². The molecule has 0 N–H and O–H groups in total. The molecule has 3 heteroatoms. The summed E-state index contributed by atoms with van der Waals surface area (Å²) in [6.45, 7) is 1.72. The summed E-state index contributed by atoms with van der Waals surface area (Å²) >= 11 is 0. The number of nitrogens with zero attached hydrogens (tertiary/aromatic N) is 1. The third kappa shape index (κ3) is 1.93. The van der Waals surface area contributed by atoms with Gasteiger partial charge in [0, 0.05) is 13.1 Å². The predicted molar refractivity (Wildman–Crippen MR) is 53.3 cm³/mol. The average Bonchev–Trinajstić information content (AvgIpc) is 2.97. The zero-order chi connectivity index (χ0) is 9.97. The number of benzene rings is 1. The van der Waals surface area contributed by atoms with E-state index in [1.54, 1.807) is 7.11 Å². The monoisotopic (exact) mass is 191 g/mol. The Morgan fingerprint density at radius 1 is 1.64 bits per heavy atom. The Hall–Kier alpha value is -1.35. The summed E-state index contributed by atoms with van der Waals surface area (Å²) in [7, 11) is 1.66. The molecule has 0 radical (unpaired) electrons. The molecule has 1 heterocycles. The van der Waals surface area contributed by atoms with Crippen molar-refractivity contribution in [1.82, 2.24) is 4.90 Å². The molecule has 0 aliphatic carbocycles. The number of rotatable bonds is 4. The van der Waals surface area contributed by atoms with Crippen molar-refractivity contribution in [1.29, 1.82) is 0 Å². The molecular weight excluding hydrogens is 178 g/mol. The minimum Gasteiger partial charge on any atom is -0.497 e. The zero-order valence-corrected chi connectivity index (χ0v) is 8.14. The van der Waals surface area contributed by atoms with Gasteiger partial charge in [0.05, 0.1) is 13.2 Å². The predicted octanol–water partition coefficient (Wildman–Crippen LogP) is 1.08. The molecule has 2 unspecified atom stereocenters.